The molecular weight excluding hydrogens is 172 g/mol. The molecule has 2 N–H and O–H groups in total. The molecule has 0 spiro atoms. The number of unbranched alkanes of at least 4 members (excludes halogenated alkanes) is 3. The second kappa shape index (κ2) is 18.7. The van der Waals surface area contributed by atoms with E-state index in [-0.39, 0.29) is 2.85 Å². The fraction of sp³-hybridized carbons (Fsp3) is 1.00. The largest absolute Gasteiger partial charge is 0.320 e. The highest BCUT2D eigenvalue weighted by atomic mass is 14.8. The molecule has 0 saturated carbocycles. The summed E-state index contributed by atoms with van der Waals surface area (Å²) in [4.78, 5) is 0. The van der Waals surface area contributed by atoms with Crippen LogP contribution in [0.15, 0.2) is 0 Å². The van der Waals surface area contributed by atoms with Crippen LogP contribution in [0.25, 0.3) is 0 Å². The van der Waals surface area contributed by atoms with Gasteiger partial charge in [-0.2, -0.15) is 0 Å². The van der Waals surface area contributed by atoms with Crippen LogP contribution in [0.4, 0.5) is 0 Å². The molecule has 0 aromatic carbocycles. The number of hydrogen-bond donors (Lipinski definition) is 2. The van der Waals surface area contributed by atoms with Gasteiger partial charge in [-0.25, -0.2) is 0 Å². The van der Waals surface area contributed by atoms with E-state index < -0.39 is 0 Å². The van der Waals surface area contributed by atoms with Gasteiger partial charge in [-0.1, -0.05) is 40.0 Å². The van der Waals surface area contributed by atoms with Crippen LogP contribution in [0.3, 0.4) is 0 Å². The predicted octanol–water partition coefficient (Wildman–Crippen LogP) is 3.28. The smallest absolute Gasteiger partial charge is 0 e. The Morgan fingerprint density at radius 1 is 0.857 bits per heavy atom. The van der Waals surface area contributed by atoms with Gasteiger partial charge in [0.1, 0.15) is 0 Å². The minimum Gasteiger partial charge on any atom is -0.320 e. The minimum absolute atomic E-state index is 0. The van der Waals surface area contributed by atoms with E-state index in [4.69, 9.17) is 0 Å². The summed E-state index contributed by atoms with van der Waals surface area (Å²) in [7, 11) is 2.01. The molecule has 0 unspecified atom stereocenters. The van der Waals surface area contributed by atoms with Gasteiger partial charge < -0.3 is 10.6 Å². The summed E-state index contributed by atoms with van der Waals surface area (Å²) < 4.78 is 0. The second-order valence-electron chi connectivity index (χ2n) is 3.58. The van der Waals surface area contributed by atoms with Gasteiger partial charge in [0, 0.05) is 2.85 Å². The van der Waals surface area contributed by atoms with Crippen LogP contribution >= 0.6 is 0 Å². The van der Waals surface area contributed by atoms with Crippen molar-refractivity contribution in [3.8, 4) is 0 Å². The normalized spacial score (nSPS) is 9.43. The lowest BCUT2D eigenvalue weighted by Gasteiger charge is -2.01. The Hall–Kier alpha value is -0.0800. The Bertz CT molecular complexity index is 75.4. The van der Waals surface area contributed by atoms with Crippen molar-refractivity contribution < 1.29 is 2.85 Å². The van der Waals surface area contributed by atoms with E-state index in [1.807, 2.05) is 7.05 Å². The van der Waals surface area contributed by atoms with Gasteiger partial charge >= 0.3 is 0 Å². The monoisotopic (exact) mass is 206 g/mol. The lowest BCUT2D eigenvalue weighted by Crippen LogP contribution is -2.14. The SMILES string of the molecule is CCC.CCNCCCCCCNC.[HH].[HH]. The number of rotatable bonds is 8. The molecular formula is C12H34N2. The van der Waals surface area contributed by atoms with Gasteiger partial charge in [0.15, 0.2) is 0 Å². The number of nitrogens with one attached hydrogen (secondary N) is 2. The van der Waals surface area contributed by atoms with Crippen LogP contribution < -0.4 is 10.6 Å². The van der Waals surface area contributed by atoms with E-state index in [0.717, 1.165) is 6.54 Å². The van der Waals surface area contributed by atoms with Crippen molar-refractivity contribution in [2.24, 2.45) is 0 Å². The van der Waals surface area contributed by atoms with Crippen molar-refractivity contribution >= 4 is 0 Å². The molecule has 0 heterocycles. The average molecular weight is 206 g/mol. The zero-order valence-corrected chi connectivity index (χ0v) is 10.7. The molecule has 0 saturated heterocycles. The summed E-state index contributed by atoms with van der Waals surface area (Å²) in [6, 6.07) is 0. The summed E-state index contributed by atoms with van der Waals surface area (Å²) in [6.45, 7) is 9.87. The predicted molar refractivity (Wildman–Crippen MR) is 71.1 cm³/mol. The Morgan fingerprint density at radius 3 is 1.79 bits per heavy atom. The quantitative estimate of drug-likeness (QED) is 0.596. The molecule has 2 nitrogen and oxygen atoms in total. The third-order valence-electron chi connectivity index (χ3n) is 1.78. The van der Waals surface area contributed by atoms with Gasteiger partial charge in [0.25, 0.3) is 0 Å². The van der Waals surface area contributed by atoms with Gasteiger partial charge in [-0.3, -0.25) is 0 Å². The summed E-state index contributed by atoms with van der Waals surface area (Å²) in [6.07, 6.45) is 6.64. The van der Waals surface area contributed by atoms with Crippen LogP contribution in [-0.4, -0.2) is 26.7 Å². The summed E-state index contributed by atoms with van der Waals surface area (Å²) >= 11 is 0. The standard InChI is InChI=1S/C9H22N2.C3H8.2H2/c1-3-11-9-7-5-4-6-8-10-2;1-3-2;;/h10-11H,3-9H2,1-2H3;3H2,1-2H3;2*1H. The first kappa shape index (κ1) is 16.4. The van der Waals surface area contributed by atoms with Gasteiger partial charge in [0.2, 0.25) is 0 Å². The van der Waals surface area contributed by atoms with E-state index in [9.17, 15) is 0 Å². The van der Waals surface area contributed by atoms with Crippen molar-refractivity contribution in [2.45, 2.75) is 52.9 Å². The maximum Gasteiger partial charge on any atom is 0 e. The maximum atomic E-state index is 3.32. The molecule has 0 aliphatic rings. The number of hydrogen-bond acceptors (Lipinski definition) is 2. The Kier molecular flexibility index (Phi) is 21.8. The summed E-state index contributed by atoms with van der Waals surface area (Å²) in [5.41, 5.74) is 0. The van der Waals surface area contributed by atoms with Crippen molar-refractivity contribution in [3.63, 3.8) is 0 Å². The first-order valence-electron chi connectivity index (χ1n) is 6.18. The minimum atomic E-state index is 0. The molecule has 0 atom stereocenters. The molecule has 0 aromatic heterocycles. The van der Waals surface area contributed by atoms with Crippen LogP contribution in [-0.2, 0) is 0 Å². The van der Waals surface area contributed by atoms with E-state index in [1.54, 1.807) is 0 Å². The average Bonchev–Trinajstić information content (AvgIpc) is 2.18. The molecule has 2 heteroatoms. The van der Waals surface area contributed by atoms with Crippen molar-refractivity contribution in [2.75, 3.05) is 26.7 Å². The molecule has 92 valence electrons. The fourth-order valence-corrected chi connectivity index (χ4v) is 1.08. The maximum absolute atomic E-state index is 3.32. The highest BCUT2D eigenvalue weighted by Crippen LogP contribution is 1.96. The topological polar surface area (TPSA) is 24.1 Å². The first-order chi connectivity index (χ1) is 6.83. The third kappa shape index (κ3) is 22.7. The van der Waals surface area contributed by atoms with Crippen molar-refractivity contribution in [3.05, 3.63) is 0 Å². The first-order valence-corrected chi connectivity index (χ1v) is 6.18. The molecule has 0 amide bonds. The highest BCUT2D eigenvalue weighted by molar-refractivity contribution is 4.47. The molecule has 0 bridgehead atoms. The molecule has 0 fully saturated rings. The Morgan fingerprint density at radius 2 is 1.36 bits per heavy atom. The molecule has 0 rings (SSSR count). The van der Waals surface area contributed by atoms with E-state index in [2.05, 4.69) is 31.4 Å². The third-order valence-corrected chi connectivity index (χ3v) is 1.78. The fourth-order valence-electron chi connectivity index (χ4n) is 1.08. The van der Waals surface area contributed by atoms with E-state index in [0.29, 0.717) is 0 Å². The molecule has 0 radical (unpaired) electrons. The van der Waals surface area contributed by atoms with E-state index in [1.165, 1.54) is 45.2 Å². The molecule has 0 aromatic rings. The second-order valence-corrected chi connectivity index (χ2v) is 3.58. The Balaban J connectivity index is -0.000000129. The lowest BCUT2D eigenvalue weighted by molar-refractivity contribution is 0.586. The highest BCUT2D eigenvalue weighted by Gasteiger charge is 1.87. The molecule has 14 heavy (non-hydrogen) atoms. The van der Waals surface area contributed by atoms with Gasteiger partial charge in [0.05, 0.1) is 0 Å². The zero-order chi connectivity index (χ0) is 11.1. The van der Waals surface area contributed by atoms with Crippen LogP contribution in [0.2, 0.25) is 0 Å². The van der Waals surface area contributed by atoms with Crippen LogP contribution in [0, 0.1) is 0 Å². The zero-order valence-electron chi connectivity index (χ0n) is 10.7. The van der Waals surface area contributed by atoms with Crippen LogP contribution in [0.5, 0.6) is 0 Å². The Labute approximate surface area is 93.8 Å². The van der Waals surface area contributed by atoms with Crippen molar-refractivity contribution in [1.82, 2.24) is 10.6 Å². The van der Waals surface area contributed by atoms with Gasteiger partial charge in [-0.15, -0.1) is 0 Å². The van der Waals surface area contributed by atoms with Gasteiger partial charge in [-0.05, 0) is 39.5 Å². The summed E-state index contributed by atoms with van der Waals surface area (Å²) in [5, 5.41) is 6.48. The molecule has 0 aliphatic carbocycles. The van der Waals surface area contributed by atoms with E-state index >= 15 is 0 Å². The lowest BCUT2D eigenvalue weighted by atomic mass is 10.2. The molecule has 0 aliphatic heterocycles. The van der Waals surface area contributed by atoms with Crippen LogP contribution in [0.1, 0.15) is 55.7 Å². The summed E-state index contributed by atoms with van der Waals surface area (Å²) in [5.74, 6) is 0. The van der Waals surface area contributed by atoms with Crippen molar-refractivity contribution in [1.29, 1.82) is 0 Å².